The van der Waals surface area contributed by atoms with E-state index in [1.165, 1.54) is 23.1 Å². The lowest BCUT2D eigenvalue weighted by atomic mass is 9.97. The van der Waals surface area contributed by atoms with Crippen molar-refractivity contribution in [2.24, 2.45) is 5.92 Å². The highest BCUT2D eigenvalue weighted by molar-refractivity contribution is 5.31. The Bertz CT molecular complexity index is 271. The quantitative estimate of drug-likeness (QED) is 0.621. The Balaban J connectivity index is 0. The first kappa shape index (κ1) is 18.6. The molecule has 0 aliphatic heterocycles. The summed E-state index contributed by atoms with van der Waals surface area (Å²) in [5, 5.41) is 0. The number of rotatable bonds is 3. The molecular formula is C17H32. The topological polar surface area (TPSA) is 0 Å². The van der Waals surface area contributed by atoms with Gasteiger partial charge in [-0.05, 0) is 42.4 Å². The van der Waals surface area contributed by atoms with Crippen LogP contribution in [0.15, 0.2) is 18.2 Å². The third-order valence-corrected chi connectivity index (χ3v) is 2.44. The van der Waals surface area contributed by atoms with Crippen LogP contribution in [0.25, 0.3) is 0 Å². The Hall–Kier alpha value is -0.780. The van der Waals surface area contributed by atoms with Crippen LogP contribution in [-0.4, -0.2) is 0 Å². The molecule has 0 aliphatic carbocycles. The van der Waals surface area contributed by atoms with Gasteiger partial charge in [0, 0.05) is 0 Å². The van der Waals surface area contributed by atoms with Crippen molar-refractivity contribution < 1.29 is 0 Å². The number of benzene rings is 1. The van der Waals surface area contributed by atoms with Crippen molar-refractivity contribution >= 4 is 0 Å². The van der Waals surface area contributed by atoms with Gasteiger partial charge in [0.1, 0.15) is 0 Å². The van der Waals surface area contributed by atoms with Crippen LogP contribution in [0.5, 0.6) is 0 Å². The van der Waals surface area contributed by atoms with Gasteiger partial charge in [0.25, 0.3) is 0 Å². The van der Waals surface area contributed by atoms with E-state index in [0.717, 1.165) is 12.3 Å². The monoisotopic (exact) mass is 236 g/mol. The molecule has 0 radical (unpaired) electrons. The third kappa shape index (κ3) is 8.01. The van der Waals surface area contributed by atoms with Gasteiger partial charge in [-0.25, -0.2) is 0 Å². The molecule has 0 saturated heterocycles. The minimum absolute atomic E-state index is 0.757. The van der Waals surface area contributed by atoms with Crippen molar-refractivity contribution in [2.45, 2.75) is 68.2 Å². The minimum atomic E-state index is 0.757. The van der Waals surface area contributed by atoms with Gasteiger partial charge in [0.2, 0.25) is 0 Å². The lowest BCUT2D eigenvalue weighted by molar-refractivity contribution is 0.646. The summed E-state index contributed by atoms with van der Waals surface area (Å²) in [6.45, 7) is 17.0. The largest absolute Gasteiger partial charge is 0.0683 e. The van der Waals surface area contributed by atoms with E-state index in [2.05, 4.69) is 45.9 Å². The summed E-state index contributed by atoms with van der Waals surface area (Å²) >= 11 is 0. The maximum atomic E-state index is 2.36. The molecule has 0 amide bonds. The number of hydrogen-bond acceptors (Lipinski definition) is 0. The lowest BCUT2D eigenvalue weighted by Crippen LogP contribution is -1.96. The van der Waals surface area contributed by atoms with Crippen molar-refractivity contribution in [3.8, 4) is 0 Å². The molecule has 0 aromatic heterocycles. The van der Waals surface area contributed by atoms with Gasteiger partial charge in [-0.2, -0.15) is 0 Å². The molecule has 0 fully saturated rings. The molecule has 1 rings (SSSR count). The van der Waals surface area contributed by atoms with Gasteiger partial charge in [-0.1, -0.05) is 66.7 Å². The predicted molar refractivity (Wildman–Crippen MR) is 81.8 cm³/mol. The Morgan fingerprint density at radius 3 is 1.94 bits per heavy atom. The highest BCUT2D eigenvalue weighted by Gasteiger charge is 2.00. The van der Waals surface area contributed by atoms with Crippen LogP contribution in [0.4, 0.5) is 0 Å². The molecule has 17 heavy (non-hydrogen) atoms. The van der Waals surface area contributed by atoms with E-state index in [0.29, 0.717) is 0 Å². The SMILES string of the molecule is CC.CC.CCc1cc(CC(C)C)ccc1C. The zero-order valence-electron chi connectivity index (χ0n) is 13.2. The molecule has 0 nitrogen and oxygen atoms in total. The molecule has 0 unspecified atom stereocenters. The molecule has 1 aromatic carbocycles. The van der Waals surface area contributed by atoms with Gasteiger partial charge in [-0.3, -0.25) is 0 Å². The second-order valence-corrected chi connectivity index (χ2v) is 4.21. The molecule has 0 N–H and O–H groups in total. The first-order valence-corrected chi connectivity index (χ1v) is 7.22. The van der Waals surface area contributed by atoms with Crippen molar-refractivity contribution in [3.63, 3.8) is 0 Å². The Morgan fingerprint density at radius 2 is 1.53 bits per heavy atom. The summed E-state index contributed by atoms with van der Waals surface area (Å²) in [6.07, 6.45) is 2.35. The molecule has 0 spiro atoms. The van der Waals surface area contributed by atoms with E-state index in [1.807, 2.05) is 27.7 Å². The van der Waals surface area contributed by atoms with Crippen LogP contribution >= 0.6 is 0 Å². The first-order valence-electron chi connectivity index (χ1n) is 7.22. The lowest BCUT2D eigenvalue weighted by Gasteiger charge is -2.08. The van der Waals surface area contributed by atoms with Crippen LogP contribution in [0.2, 0.25) is 0 Å². The van der Waals surface area contributed by atoms with Crippen molar-refractivity contribution in [1.82, 2.24) is 0 Å². The van der Waals surface area contributed by atoms with Gasteiger partial charge < -0.3 is 0 Å². The fourth-order valence-electron chi connectivity index (χ4n) is 1.70. The zero-order valence-corrected chi connectivity index (χ0v) is 13.2. The minimum Gasteiger partial charge on any atom is -0.0683 e. The van der Waals surface area contributed by atoms with E-state index < -0.39 is 0 Å². The summed E-state index contributed by atoms with van der Waals surface area (Å²) in [4.78, 5) is 0. The van der Waals surface area contributed by atoms with Crippen LogP contribution < -0.4 is 0 Å². The van der Waals surface area contributed by atoms with Gasteiger partial charge in [0.05, 0.1) is 0 Å². The van der Waals surface area contributed by atoms with Crippen molar-refractivity contribution in [1.29, 1.82) is 0 Å². The Morgan fingerprint density at radius 1 is 1.00 bits per heavy atom. The van der Waals surface area contributed by atoms with Gasteiger partial charge in [0.15, 0.2) is 0 Å². The molecule has 0 bridgehead atoms. The molecule has 0 atom stereocenters. The summed E-state index contributed by atoms with van der Waals surface area (Å²) in [5.41, 5.74) is 4.41. The normalized spacial score (nSPS) is 9.00. The molecule has 0 aliphatic rings. The van der Waals surface area contributed by atoms with E-state index in [1.54, 1.807) is 0 Å². The maximum absolute atomic E-state index is 2.36. The predicted octanol–water partition coefficient (Wildman–Crippen LogP) is 5.81. The highest BCUT2D eigenvalue weighted by atomic mass is 14.1. The van der Waals surface area contributed by atoms with Gasteiger partial charge in [-0.15, -0.1) is 0 Å². The Kier molecular flexibility index (Phi) is 12.8. The molecule has 100 valence electrons. The second-order valence-electron chi connectivity index (χ2n) is 4.21. The average Bonchev–Trinajstić information content (AvgIpc) is 2.36. The fraction of sp³-hybridized carbons (Fsp3) is 0.647. The summed E-state index contributed by atoms with van der Waals surface area (Å²) in [7, 11) is 0. The third-order valence-electron chi connectivity index (χ3n) is 2.44. The maximum Gasteiger partial charge on any atom is -0.0256 e. The van der Waals surface area contributed by atoms with Crippen LogP contribution in [0.1, 0.15) is 65.2 Å². The molecule has 0 heteroatoms. The number of aryl methyl sites for hydroxylation is 2. The second kappa shape index (κ2) is 11.7. The van der Waals surface area contributed by atoms with Crippen molar-refractivity contribution in [3.05, 3.63) is 34.9 Å². The molecule has 1 aromatic rings. The number of hydrogen-bond donors (Lipinski definition) is 0. The van der Waals surface area contributed by atoms with Gasteiger partial charge >= 0.3 is 0 Å². The van der Waals surface area contributed by atoms with E-state index in [9.17, 15) is 0 Å². The van der Waals surface area contributed by atoms with Crippen LogP contribution in [0.3, 0.4) is 0 Å². The van der Waals surface area contributed by atoms with E-state index in [-0.39, 0.29) is 0 Å². The smallest absolute Gasteiger partial charge is 0.0256 e. The fourth-order valence-corrected chi connectivity index (χ4v) is 1.70. The summed E-state index contributed by atoms with van der Waals surface area (Å²) < 4.78 is 0. The van der Waals surface area contributed by atoms with Crippen LogP contribution in [0, 0.1) is 12.8 Å². The standard InChI is InChI=1S/C13H20.2C2H6/c1-5-13-9-12(8-10(2)3)7-6-11(13)4;2*1-2/h6-7,9-10H,5,8H2,1-4H3;2*1-2H3. The summed E-state index contributed by atoms with van der Waals surface area (Å²) in [5.74, 6) is 0.757. The molecular weight excluding hydrogens is 204 g/mol. The molecule has 0 heterocycles. The molecule has 0 saturated carbocycles. The first-order chi connectivity index (χ1) is 8.13. The van der Waals surface area contributed by atoms with Crippen LogP contribution in [-0.2, 0) is 12.8 Å². The Labute approximate surface area is 109 Å². The summed E-state index contributed by atoms with van der Waals surface area (Å²) in [6, 6.07) is 6.86. The van der Waals surface area contributed by atoms with Crippen molar-refractivity contribution in [2.75, 3.05) is 0 Å². The van der Waals surface area contributed by atoms with E-state index >= 15 is 0 Å². The van der Waals surface area contributed by atoms with E-state index in [4.69, 9.17) is 0 Å². The average molecular weight is 236 g/mol. The highest BCUT2D eigenvalue weighted by Crippen LogP contribution is 2.14. The zero-order chi connectivity index (χ0) is 13.8.